The number of nitrogens with one attached hydrogen (secondary N) is 1. The minimum absolute atomic E-state index is 0.0420. The highest BCUT2D eigenvalue weighted by molar-refractivity contribution is 5.95. The predicted molar refractivity (Wildman–Crippen MR) is 108 cm³/mol. The maximum absolute atomic E-state index is 12.4. The van der Waals surface area contributed by atoms with Crippen molar-refractivity contribution in [1.29, 1.82) is 0 Å². The summed E-state index contributed by atoms with van der Waals surface area (Å²) in [5.74, 6) is 0.500. The van der Waals surface area contributed by atoms with E-state index in [2.05, 4.69) is 15.4 Å². The molecule has 7 heteroatoms. The van der Waals surface area contributed by atoms with Gasteiger partial charge < -0.3 is 15.2 Å². The van der Waals surface area contributed by atoms with Gasteiger partial charge in [0.05, 0.1) is 18.0 Å². The summed E-state index contributed by atoms with van der Waals surface area (Å²) in [7, 11) is 0. The molecule has 0 aliphatic heterocycles. The number of carbonyl (C=O) groups is 1. The summed E-state index contributed by atoms with van der Waals surface area (Å²) in [6, 6.07) is 11.6. The molecule has 2 N–H and O–H groups in total. The van der Waals surface area contributed by atoms with Crippen LogP contribution in [0.3, 0.4) is 0 Å². The molecule has 2 fully saturated rings. The number of aliphatic hydroxyl groups excluding tert-OH is 1. The number of hydrogen-bond donors (Lipinski definition) is 2. The smallest absolute Gasteiger partial charge is 0.251 e. The van der Waals surface area contributed by atoms with Crippen molar-refractivity contribution < 1.29 is 14.6 Å². The largest absolute Gasteiger partial charge is 0.473 e. The first-order valence-corrected chi connectivity index (χ1v) is 10.3. The number of benzene rings is 1. The van der Waals surface area contributed by atoms with Gasteiger partial charge >= 0.3 is 0 Å². The number of aliphatic hydroxyl groups is 1. The number of ether oxygens (including phenoxy) is 1. The standard InChI is InChI=1S/C22H24N4O3/c27-17-6-8-18(9-7-17)29-21-11-10-20-23-13-19(26(20)25-21)14-2-1-3-15(12-14)22(28)24-16-4-5-16/h1-3,10-13,16-18,27H,4-9H2,(H,24,28). The molecule has 2 heterocycles. The van der Waals surface area contributed by atoms with Gasteiger partial charge in [-0.15, -0.1) is 5.10 Å². The Kier molecular flexibility index (Phi) is 4.67. The Morgan fingerprint density at radius 2 is 1.93 bits per heavy atom. The van der Waals surface area contributed by atoms with Gasteiger partial charge in [-0.3, -0.25) is 4.79 Å². The molecule has 0 saturated heterocycles. The van der Waals surface area contributed by atoms with Crippen LogP contribution in [0.4, 0.5) is 0 Å². The molecule has 2 aromatic heterocycles. The van der Waals surface area contributed by atoms with E-state index in [0.29, 0.717) is 17.5 Å². The van der Waals surface area contributed by atoms with Crippen molar-refractivity contribution in [2.45, 2.75) is 56.8 Å². The topological polar surface area (TPSA) is 88.8 Å². The van der Waals surface area contributed by atoms with E-state index in [1.165, 1.54) is 0 Å². The summed E-state index contributed by atoms with van der Waals surface area (Å²) in [5, 5.41) is 17.3. The van der Waals surface area contributed by atoms with Crippen LogP contribution in [-0.2, 0) is 0 Å². The van der Waals surface area contributed by atoms with Crippen molar-refractivity contribution in [3.05, 3.63) is 48.2 Å². The number of nitrogens with zero attached hydrogens (tertiary/aromatic N) is 3. The number of amides is 1. The molecule has 1 aromatic carbocycles. The van der Waals surface area contributed by atoms with Crippen LogP contribution in [0.25, 0.3) is 16.9 Å². The lowest BCUT2D eigenvalue weighted by Crippen LogP contribution is -2.26. The molecule has 1 amide bonds. The van der Waals surface area contributed by atoms with Gasteiger partial charge in [-0.05, 0) is 56.7 Å². The first-order chi connectivity index (χ1) is 14.2. The molecule has 2 aliphatic carbocycles. The van der Waals surface area contributed by atoms with Gasteiger partial charge in [0.15, 0.2) is 5.65 Å². The van der Waals surface area contributed by atoms with Gasteiger partial charge in [-0.25, -0.2) is 9.50 Å². The Labute approximate surface area is 168 Å². The summed E-state index contributed by atoms with van der Waals surface area (Å²) in [4.78, 5) is 16.8. The third-order valence-electron chi connectivity index (χ3n) is 5.60. The second-order valence-corrected chi connectivity index (χ2v) is 7.96. The zero-order valence-electron chi connectivity index (χ0n) is 16.1. The minimum atomic E-state index is -0.213. The number of aromatic nitrogens is 3. The summed E-state index contributed by atoms with van der Waals surface area (Å²) >= 11 is 0. The maximum atomic E-state index is 12.4. The fourth-order valence-corrected chi connectivity index (χ4v) is 3.77. The molecule has 7 nitrogen and oxygen atoms in total. The summed E-state index contributed by atoms with van der Waals surface area (Å²) in [5.41, 5.74) is 3.05. The van der Waals surface area contributed by atoms with E-state index in [1.54, 1.807) is 10.7 Å². The summed E-state index contributed by atoms with van der Waals surface area (Å²) < 4.78 is 7.80. The number of imidazole rings is 1. The zero-order chi connectivity index (χ0) is 19.8. The van der Waals surface area contributed by atoms with Gasteiger partial charge in [0.2, 0.25) is 5.88 Å². The highest BCUT2D eigenvalue weighted by Crippen LogP contribution is 2.26. The average molecular weight is 392 g/mol. The number of fused-ring (bicyclic) bond motifs is 1. The van der Waals surface area contributed by atoms with E-state index >= 15 is 0 Å². The van der Waals surface area contributed by atoms with Crippen molar-refractivity contribution in [1.82, 2.24) is 19.9 Å². The SMILES string of the molecule is O=C(NC1CC1)c1cccc(-c2cnc3ccc(OC4CCC(O)CC4)nn23)c1. The van der Waals surface area contributed by atoms with Crippen LogP contribution in [0.1, 0.15) is 48.9 Å². The van der Waals surface area contributed by atoms with Gasteiger partial charge in [-0.2, -0.15) is 0 Å². The molecule has 0 atom stereocenters. The number of carbonyl (C=O) groups excluding carboxylic acids is 1. The zero-order valence-corrected chi connectivity index (χ0v) is 16.1. The second-order valence-electron chi connectivity index (χ2n) is 7.96. The molecule has 0 spiro atoms. The molecular weight excluding hydrogens is 368 g/mol. The Morgan fingerprint density at radius 3 is 2.72 bits per heavy atom. The van der Waals surface area contributed by atoms with Gasteiger partial charge in [0.25, 0.3) is 5.91 Å². The Balaban J connectivity index is 1.40. The number of hydrogen-bond acceptors (Lipinski definition) is 5. The average Bonchev–Trinajstić information content (AvgIpc) is 3.45. The van der Waals surface area contributed by atoms with E-state index in [1.807, 2.05) is 36.4 Å². The van der Waals surface area contributed by atoms with Crippen LogP contribution in [0.5, 0.6) is 5.88 Å². The third kappa shape index (κ3) is 3.96. The van der Waals surface area contributed by atoms with Crippen LogP contribution in [0, 0.1) is 0 Å². The van der Waals surface area contributed by atoms with Crippen LogP contribution in [0.2, 0.25) is 0 Å². The van der Waals surface area contributed by atoms with Crippen molar-refractivity contribution in [3.63, 3.8) is 0 Å². The van der Waals surface area contributed by atoms with Crippen LogP contribution < -0.4 is 10.1 Å². The first-order valence-electron chi connectivity index (χ1n) is 10.3. The molecule has 2 aliphatic rings. The van der Waals surface area contributed by atoms with Gasteiger partial charge in [0, 0.05) is 23.2 Å². The van der Waals surface area contributed by atoms with E-state index < -0.39 is 0 Å². The van der Waals surface area contributed by atoms with Crippen molar-refractivity contribution in [3.8, 4) is 17.1 Å². The third-order valence-corrected chi connectivity index (χ3v) is 5.60. The van der Waals surface area contributed by atoms with E-state index in [9.17, 15) is 9.90 Å². The van der Waals surface area contributed by atoms with Crippen molar-refractivity contribution in [2.24, 2.45) is 0 Å². The lowest BCUT2D eigenvalue weighted by Gasteiger charge is -2.25. The van der Waals surface area contributed by atoms with E-state index in [4.69, 9.17) is 4.74 Å². The first kappa shape index (κ1) is 18.1. The van der Waals surface area contributed by atoms with Crippen LogP contribution in [-0.4, -0.2) is 43.9 Å². The molecule has 0 unspecified atom stereocenters. The van der Waals surface area contributed by atoms with Crippen LogP contribution in [0.15, 0.2) is 42.6 Å². The van der Waals surface area contributed by atoms with Crippen LogP contribution >= 0.6 is 0 Å². The highest BCUT2D eigenvalue weighted by atomic mass is 16.5. The predicted octanol–water partition coefficient (Wildman–Crippen LogP) is 2.97. The monoisotopic (exact) mass is 392 g/mol. The summed E-state index contributed by atoms with van der Waals surface area (Å²) in [6.07, 6.45) is 6.93. The second kappa shape index (κ2) is 7.48. The fraction of sp³-hybridized carbons (Fsp3) is 0.409. The summed E-state index contributed by atoms with van der Waals surface area (Å²) in [6.45, 7) is 0. The maximum Gasteiger partial charge on any atom is 0.251 e. The van der Waals surface area contributed by atoms with Gasteiger partial charge in [-0.1, -0.05) is 12.1 Å². The normalized spacial score (nSPS) is 21.8. The molecule has 150 valence electrons. The molecule has 5 rings (SSSR count). The van der Waals surface area contributed by atoms with E-state index in [0.717, 1.165) is 55.4 Å². The highest BCUT2D eigenvalue weighted by Gasteiger charge is 2.24. The number of rotatable bonds is 5. The molecule has 2 saturated carbocycles. The molecule has 3 aromatic rings. The molecular formula is C22H24N4O3. The molecule has 0 radical (unpaired) electrons. The fourth-order valence-electron chi connectivity index (χ4n) is 3.77. The Bertz CT molecular complexity index is 1040. The van der Waals surface area contributed by atoms with Gasteiger partial charge in [0.1, 0.15) is 6.10 Å². The lowest BCUT2D eigenvalue weighted by atomic mass is 9.95. The quantitative estimate of drug-likeness (QED) is 0.697. The Hall–Kier alpha value is -2.93. The van der Waals surface area contributed by atoms with Crippen molar-refractivity contribution in [2.75, 3.05) is 0 Å². The molecule has 29 heavy (non-hydrogen) atoms. The minimum Gasteiger partial charge on any atom is -0.473 e. The Morgan fingerprint density at radius 1 is 1.10 bits per heavy atom. The van der Waals surface area contributed by atoms with Crippen molar-refractivity contribution >= 4 is 11.6 Å². The molecule has 0 bridgehead atoms. The lowest BCUT2D eigenvalue weighted by molar-refractivity contribution is 0.0637. The van der Waals surface area contributed by atoms with E-state index in [-0.39, 0.29) is 18.1 Å².